The summed E-state index contributed by atoms with van der Waals surface area (Å²) < 4.78 is 1.85. The minimum absolute atomic E-state index is 0.438. The average molecular weight is 360 g/mol. The number of hydrogen-bond acceptors (Lipinski definition) is 7. The third-order valence-corrected chi connectivity index (χ3v) is 5.23. The zero-order chi connectivity index (χ0) is 18.4. The van der Waals surface area contributed by atoms with Crippen molar-refractivity contribution < 1.29 is 0 Å². The molecule has 1 N–H and O–H groups in total. The molecule has 4 aromatic heterocycles. The molecule has 0 bridgehead atoms. The van der Waals surface area contributed by atoms with Crippen LogP contribution in [0.3, 0.4) is 0 Å². The van der Waals surface area contributed by atoms with Crippen LogP contribution in [0.5, 0.6) is 0 Å². The van der Waals surface area contributed by atoms with Crippen molar-refractivity contribution in [2.45, 2.75) is 24.9 Å². The molecule has 136 valence electrons. The first-order valence-electron chi connectivity index (χ1n) is 9.02. The first kappa shape index (κ1) is 16.1. The summed E-state index contributed by atoms with van der Waals surface area (Å²) in [7, 11) is 4.25. The second-order valence-electron chi connectivity index (χ2n) is 7.19. The van der Waals surface area contributed by atoms with Crippen molar-refractivity contribution >= 4 is 22.6 Å². The fourth-order valence-electron chi connectivity index (χ4n) is 3.53. The Morgan fingerprint density at radius 1 is 1.07 bits per heavy atom. The highest BCUT2D eigenvalue weighted by Crippen LogP contribution is 2.28. The van der Waals surface area contributed by atoms with E-state index in [2.05, 4.69) is 49.3 Å². The molecule has 0 saturated heterocycles. The van der Waals surface area contributed by atoms with Crippen LogP contribution in [0.25, 0.3) is 27.8 Å². The van der Waals surface area contributed by atoms with Crippen molar-refractivity contribution in [1.82, 2.24) is 34.4 Å². The molecule has 0 unspecified atom stereocenters. The molecule has 8 nitrogen and oxygen atoms in total. The molecule has 0 atom stereocenters. The largest absolute Gasteiger partial charge is 0.350 e. The monoisotopic (exact) mass is 360 g/mol. The Labute approximate surface area is 156 Å². The molecule has 27 heavy (non-hydrogen) atoms. The summed E-state index contributed by atoms with van der Waals surface area (Å²) >= 11 is 0. The zero-order valence-electron chi connectivity index (χ0n) is 15.2. The number of nitrogens with zero attached hydrogens (tertiary/aromatic N) is 7. The van der Waals surface area contributed by atoms with Gasteiger partial charge in [0.2, 0.25) is 5.95 Å². The van der Waals surface area contributed by atoms with E-state index in [0.29, 0.717) is 23.7 Å². The minimum Gasteiger partial charge on any atom is -0.350 e. The maximum Gasteiger partial charge on any atom is 0.241 e. The van der Waals surface area contributed by atoms with Gasteiger partial charge < -0.3 is 10.2 Å². The Morgan fingerprint density at radius 2 is 1.93 bits per heavy atom. The van der Waals surface area contributed by atoms with E-state index in [1.54, 1.807) is 12.4 Å². The third-order valence-electron chi connectivity index (χ3n) is 5.23. The van der Waals surface area contributed by atoms with Crippen LogP contribution >= 0.6 is 0 Å². The number of rotatable bonds is 4. The van der Waals surface area contributed by atoms with Gasteiger partial charge in [0.05, 0.1) is 11.7 Å². The highest BCUT2D eigenvalue weighted by Gasteiger charge is 2.30. The number of anilines is 1. The molecule has 1 aliphatic carbocycles. The van der Waals surface area contributed by atoms with Gasteiger partial charge >= 0.3 is 0 Å². The number of hydrogen-bond donors (Lipinski definition) is 1. The second-order valence-corrected chi connectivity index (χ2v) is 7.19. The van der Waals surface area contributed by atoms with E-state index in [1.165, 1.54) is 0 Å². The van der Waals surface area contributed by atoms with E-state index in [1.807, 2.05) is 35.2 Å². The number of aromatic nitrogens is 6. The normalized spacial score (nSPS) is 19.5. The predicted molar refractivity (Wildman–Crippen MR) is 103 cm³/mol. The van der Waals surface area contributed by atoms with E-state index in [0.717, 1.165) is 35.0 Å². The first-order chi connectivity index (χ1) is 13.2. The Morgan fingerprint density at radius 3 is 2.78 bits per heavy atom. The molecule has 8 heteroatoms. The molecule has 1 fully saturated rings. The van der Waals surface area contributed by atoms with E-state index in [4.69, 9.17) is 0 Å². The molecule has 0 radical (unpaired) electrons. The lowest BCUT2D eigenvalue weighted by molar-refractivity contribution is 0.177. The summed E-state index contributed by atoms with van der Waals surface area (Å²) in [5.74, 6) is 0.661. The van der Waals surface area contributed by atoms with E-state index in [9.17, 15) is 0 Å². The van der Waals surface area contributed by atoms with Crippen LogP contribution in [0, 0.1) is 0 Å². The molecule has 1 saturated carbocycles. The lowest BCUT2D eigenvalue weighted by atomic mass is 9.86. The van der Waals surface area contributed by atoms with Crippen LogP contribution < -0.4 is 5.32 Å². The lowest BCUT2D eigenvalue weighted by Gasteiger charge is -2.39. The first-order valence-corrected chi connectivity index (χ1v) is 9.02. The Hall–Kier alpha value is -3.13. The fraction of sp³-hybridized carbons (Fsp3) is 0.316. The Kier molecular flexibility index (Phi) is 3.71. The summed E-state index contributed by atoms with van der Waals surface area (Å²) in [6, 6.07) is 5.10. The summed E-state index contributed by atoms with van der Waals surface area (Å²) in [4.78, 5) is 19.7. The lowest BCUT2D eigenvalue weighted by Crippen LogP contribution is -2.47. The standard InChI is InChI=1S/C19H20N8/c1-26(2)14-8-13(9-14)24-19-23-11-17-15(3-6-27(17)25-19)12-7-16-18(22-10-12)21-5-4-20-16/h3-7,10-11,13-14H,8-9H2,1-2H3,(H,24,25)/t13-,14+. The predicted octanol–water partition coefficient (Wildman–Crippen LogP) is 2.24. The van der Waals surface area contributed by atoms with Crippen molar-refractivity contribution in [3.05, 3.63) is 43.1 Å². The molecule has 4 heterocycles. The van der Waals surface area contributed by atoms with Crippen molar-refractivity contribution in [3.8, 4) is 11.1 Å². The summed E-state index contributed by atoms with van der Waals surface area (Å²) in [6.45, 7) is 0. The van der Waals surface area contributed by atoms with Crippen LogP contribution in [0.2, 0.25) is 0 Å². The van der Waals surface area contributed by atoms with Gasteiger partial charge in [-0.25, -0.2) is 19.5 Å². The number of nitrogens with one attached hydrogen (secondary N) is 1. The van der Waals surface area contributed by atoms with Gasteiger partial charge in [-0.1, -0.05) is 0 Å². The molecule has 1 aliphatic rings. The van der Waals surface area contributed by atoms with Crippen molar-refractivity contribution in [2.75, 3.05) is 19.4 Å². The van der Waals surface area contributed by atoms with E-state index < -0.39 is 0 Å². The SMILES string of the molecule is CN(C)[C@H]1C[C@@H](Nc2ncc3c(-c4cnc5nccnc5c4)ccn3n2)C1. The summed E-state index contributed by atoms with van der Waals surface area (Å²) in [5.41, 5.74) is 4.35. The molecule has 0 aromatic carbocycles. The fourth-order valence-corrected chi connectivity index (χ4v) is 3.53. The van der Waals surface area contributed by atoms with Gasteiger partial charge in [0, 0.05) is 48.0 Å². The topological polar surface area (TPSA) is 84.1 Å². The van der Waals surface area contributed by atoms with Gasteiger partial charge in [-0.15, -0.1) is 5.10 Å². The zero-order valence-corrected chi connectivity index (χ0v) is 15.2. The number of fused-ring (bicyclic) bond motifs is 2. The number of pyridine rings is 1. The van der Waals surface area contributed by atoms with Gasteiger partial charge in [0.15, 0.2) is 5.65 Å². The third kappa shape index (κ3) is 2.87. The van der Waals surface area contributed by atoms with Crippen molar-refractivity contribution in [3.63, 3.8) is 0 Å². The second kappa shape index (κ2) is 6.24. The molecule has 0 amide bonds. The van der Waals surface area contributed by atoms with Crippen LogP contribution in [-0.2, 0) is 0 Å². The smallest absolute Gasteiger partial charge is 0.241 e. The molecule has 5 rings (SSSR count). The molecular formula is C19H20N8. The van der Waals surface area contributed by atoms with Crippen LogP contribution in [0.15, 0.2) is 43.1 Å². The van der Waals surface area contributed by atoms with Crippen LogP contribution in [-0.4, -0.2) is 60.6 Å². The van der Waals surface area contributed by atoms with Crippen molar-refractivity contribution in [2.24, 2.45) is 0 Å². The van der Waals surface area contributed by atoms with Crippen molar-refractivity contribution in [1.29, 1.82) is 0 Å². The Bertz CT molecular complexity index is 1110. The summed E-state index contributed by atoms with van der Waals surface area (Å²) in [6.07, 6.45) is 11.2. The van der Waals surface area contributed by atoms with Gasteiger partial charge in [-0.05, 0) is 39.1 Å². The van der Waals surface area contributed by atoms with Gasteiger partial charge in [-0.3, -0.25) is 4.98 Å². The highest BCUT2D eigenvalue weighted by molar-refractivity contribution is 5.84. The molecule has 0 spiro atoms. The Balaban J connectivity index is 1.41. The quantitative estimate of drug-likeness (QED) is 0.597. The van der Waals surface area contributed by atoms with E-state index >= 15 is 0 Å². The minimum atomic E-state index is 0.438. The van der Waals surface area contributed by atoms with Gasteiger partial charge in [-0.2, -0.15) is 0 Å². The van der Waals surface area contributed by atoms with Crippen LogP contribution in [0.4, 0.5) is 5.95 Å². The highest BCUT2D eigenvalue weighted by atomic mass is 15.3. The maximum absolute atomic E-state index is 4.61. The van der Waals surface area contributed by atoms with Crippen LogP contribution in [0.1, 0.15) is 12.8 Å². The van der Waals surface area contributed by atoms with E-state index in [-0.39, 0.29) is 0 Å². The molecule has 4 aromatic rings. The van der Waals surface area contributed by atoms with Gasteiger partial charge in [0.1, 0.15) is 5.52 Å². The maximum atomic E-state index is 4.61. The van der Waals surface area contributed by atoms with Gasteiger partial charge in [0.25, 0.3) is 0 Å². The molecule has 0 aliphatic heterocycles. The average Bonchev–Trinajstić information content (AvgIpc) is 3.07. The molecular weight excluding hydrogens is 340 g/mol. The summed E-state index contributed by atoms with van der Waals surface area (Å²) in [5, 5.41) is 8.04.